The monoisotopic (exact) mass is 1510 g/mol. The summed E-state index contributed by atoms with van der Waals surface area (Å²) in [5, 5.41) is 36.0. The van der Waals surface area contributed by atoms with E-state index in [2.05, 4.69) is 16.0 Å². The lowest BCUT2D eigenvalue weighted by Gasteiger charge is -2.46. The molecule has 0 bridgehead atoms. The van der Waals surface area contributed by atoms with E-state index in [1.54, 1.807) is 61.6 Å². The number of halogens is 9. The van der Waals surface area contributed by atoms with Crippen molar-refractivity contribution in [2.75, 3.05) is 83.8 Å². The molecule has 1 atom stereocenters. The largest absolute Gasteiger partial charge is 0.486 e. The molecule has 6 heterocycles. The van der Waals surface area contributed by atoms with Gasteiger partial charge in [0.05, 0.1) is 47.0 Å². The molecule has 0 aromatic heterocycles. The van der Waals surface area contributed by atoms with Crippen LogP contribution in [0.3, 0.4) is 0 Å². The molecule has 6 aliphatic heterocycles. The smallest absolute Gasteiger partial charge is 0.416 e. The van der Waals surface area contributed by atoms with Gasteiger partial charge in [-0.25, -0.2) is 0 Å². The highest BCUT2D eigenvalue weighted by atomic mass is 19.4. The average Bonchev–Trinajstić information content (AvgIpc) is 0.760. The van der Waals surface area contributed by atoms with Crippen molar-refractivity contribution in [3.63, 3.8) is 0 Å². The fraction of sp³-hybridized carbons (Fsp3) is 0.385. The van der Waals surface area contributed by atoms with Gasteiger partial charge < -0.3 is 74.4 Å². The van der Waals surface area contributed by atoms with E-state index in [0.29, 0.717) is 143 Å². The van der Waals surface area contributed by atoms with Crippen molar-refractivity contribution in [3.05, 3.63) is 161 Å². The summed E-state index contributed by atoms with van der Waals surface area (Å²) in [6, 6.07) is 24.5. The molecule has 6 N–H and O–H groups in total. The molecule has 0 saturated heterocycles. The predicted molar refractivity (Wildman–Crippen MR) is 382 cm³/mol. The summed E-state index contributed by atoms with van der Waals surface area (Å²) < 4.78 is 154. The molecule has 1 fully saturated rings. The fourth-order valence-electron chi connectivity index (χ4n) is 13.9. The molecule has 6 aromatic rings. The number of nitrogens with one attached hydrogen (secondary N) is 3. The number of carbonyl (C=O) groups is 6. The number of nitrogens with zero attached hydrogens (tertiary/aromatic N) is 3. The summed E-state index contributed by atoms with van der Waals surface area (Å²) in [6.45, 7) is 6.85. The van der Waals surface area contributed by atoms with Crippen LogP contribution in [0.1, 0.15) is 132 Å². The maximum atomic E-state index is 13.3. The number of aliphatic hydroxyl groups is 3. The summed E-state index contributed by atoms with van der Waals surface area (Å²) in [5.74, 6) is -0.624. The lowest BCUT2D eigenvalue weighted by molar-refractivity contribution is -0.138. The molecule has 108 heavy (non-hydrogen) atoms. The highest BCUT2D eigenvalue weighted by Crippen LogP contribution is 2.52. The number of carbonyl (C=O) groups excluding carboxylic acids is 6. The average molecular weight is 1510 g/mol. The first kappa shape index (κ1) is 78.5. The van der Waals surface area contributed by atoms with Crippen molar-refractivity contribution < 1.29 is 112 Å². The van der Waals surface area contributed by atoms with Gasteiger partial charge in [0.2, 0.25) is 17.7 Å². The Bertz CT molecular complexity index is 4560. The molecule has 13 rings (SSSR count). The van der Waals surface area contributed by atoms with Crippen LogP contribution in [0.4, 0.5) is 73.6 Å². The number of anilines is 6. The van der Waals surface area contributed by atoms with Crippen molar-refractivity contribution in [2.24, 2.45) is 0 Å². The Morgan fingerprint density at radius 2 is 0.852 bits per heavy atom. The second-order valence-electron chi connectivity index (χ2n) is 26.9. The molecule has 6 aromatic carbocycles. The van der Waals surface area contributed by atoms with Crippen LogP contribution in [0.25, 0.3) is 16.7 Å². The summed E-state index contributed by atoms with van der Waals surface area (Å²) in [5.41, 5.74) is 1.21. The third-order valence-corrected chi connectivity index (χ3v) is 20.1. The molecular formula is C78H79F9N6O15. The normalized spacial score (nSPS) is 18.9. The van der Waals surface area contributed by atoms with E-state index in [0.717, 1.165) is 42.8 Å². The Hall–Kier alpha value is -10.6. The molecule has 6 amide bonds. The summed E-state index contributed by atoms with van der Waals surface area (Å²) in [7, 11) is 1.59. The zero-order chi connectivity index (χ0) is 77.8. The quantitative estimate of drug-likeness (QED) is 0.0389. The van der Waals surface area contributed by atoms with Crippen LogP contribution in [-0.2, 0) is 47.3 Å². The van der Waals surface area contributed by atoms with Crippen LogP contribution in [-0.4, -0.2) is 127 Å². The Balaban J connectivity index is 0.000000161. The predicted octanol–water partition coefficient (Wildman–Crippen LogP) is 14.1. The minimum Gasteiger partial charge on any atom is -0.486 e. The minimum absolute atomic E-state index is 0.0868. The summed E-state index contributed by atoms with van der Waals surface area (Å²) in [6.07, 6.45) is -4.28. The minimum atomic E-state index is -4.51. The van der Waals surface area contributed by atoms with E-state index in [1.807, 2.05) is 27.7 Å². The third kappa shape index (κ3) is 17.2. The third-order valence-electron chi connectivity index (χ3n) is 20.1. The first-order chi connectivity index (χ1) is 51.3. The Kier molecular flexibility index (Phi) is 23.0. The number of likely N-dealkylation sites (N-methyl/N-ethyl adjacent to an activating group) is 1. The molecule has 7 aliphatic rings. The van der Waals surface area contributed by atoms with Crippen LogP contribution in [0.5, 0.6) is 34.5 Å². The van der Waals surface area contributed by atoms with Gasteiger partial charge in [0.1, 0.15) is 51.3 Å². The highest BCUT2D eigenvalue weighted by Gasteiger charge is 2.46. The van der Waals surface area contributed by atoms with Gasteiger partial charge in [-0.15, -0.1) is 0 Å². The van der Waals surface area contributed by atoms with Gasteiger partial charge >= 0.3 is 18.5 Å². The van der Waals surface area contributed by atoms with Crippen molar-refractivity contribution in [1.29, 1.82) is 0 Å². The summed E-state index contributed by atoms with van der Waals surface area (Å²) in [4.78, 5) is 79.9. The van der Waals surface area contributed by atoms with E-state index >= 15 is 0 Å². The van der Waals surface area contributed by atoms with Crippen molar-refractivity contribution >= 4 is 86.3 Å². The lowest BCUT2D eigenvalue weighted by Crippen LogP contribution is -2.45. The first-order valence-corrected chi connectivity index (χ1v) is 35.1. The topological polar surface area (TPSA) is 264 Å². The number of rotatable bonds is 16. The maximum absolute atomic E-state index is 13.3. The van der Waals surface area contributed by atoms with Gasteiger partial charge in [-0.1, -0.05) is 45.9 Å². The fourth-order valence-corrected chi connectivity index (χ4v) is 13.9. The second kappa shape index (κ2) is 31.7. The number of amides is 6. The lowest BCUT2D eigenvalue weighted by atomic mass is 9.72. The van der Waals surface area contributed by atoms with Gasteiger partial charge in [-0.3, -0.25) is 28.8 Å². The molecule has 1 aliphatic carbocycles. The van der Waals surface area contributed by atoms with Crippen molar-refractivity contribution in [2.45, 2.75) is 140 Å². The van der Waals surface area contributed by atoms with Crippen LogP contribution < -0.4 is 59.1 Å². The highest BCUT2D eigenvalue weighted by molar-refractivity contribution is 6.08. The molecule has 30 heteroatoms. The van der Waals surface area contributed by atoms with Crippen LogP contribution in [0.15, 0.2) is 127 Å². The molecule has 574 valence electrons. The van der Waals surface area contributed by atoms with Gasteiger partial charge in [0.15, 0.2) is 19.3 Å². The van der Waals surface area contributed by atoms with Gasteiger partial charge in [-0.2, -0.15) is 39.5 Å². The number of alkyl halides is 9. The van der Waals surface area contributed by atoms with Crippen molar-refractivity contribution in [1.82, 2.24) is 0 Å². The van der Waals surface area contributed by atoms with E-state index in [-0.39, 0.29) is 87.5 Å². The van der Waals surface area contributed by atoms with E-state index in [9.17, 15) is 78.5 Å². The Morgan fingerprint density at radius 1 is 0.481 bits per heavy atom. The number of ether oxygens (including phenoxy) is 6. The summed E-state index contributed by atoms with van der Waals surface area (Å²) >= 11 is 0. The zero-order valence-electron chi connectivity index (χ0n) is 59.4. The number of hydrogen-bond acceptors (Lipinski definition) is 15. The van der Waals surface area contributed by atoms with E-state index < -0.39 is 75.8 Å². The molecule has 1 spiro atoms. The number of aliphatic hydroxyl groups excluding tert-OH is 3. The zero-order valence-corrected chi connectivity index (χ0v) is 59.4. The van der Waals surface area contributed by atoms with Crippen LogP contribution >= 0.6 is 0 Å². The van der Waals surface area contributed by atoms with E-state index in [1.165, 1.54) is 51.1 Å². The van der Waals surface area contributed by atoms with Gasteiger partial charge in [0.25, 0.3) is 17.7 Å². The Morgan fingerprint density at radius 3 is 1.20 bits per heavy atom. The number of hydrogen-bond donors (Lipinski definition) is 6. The molecule has 0 radical (unpaired) electrons. The van der Waals surface area contributed by atoms with E-state index in [4.69, 9.17) is 33.5 Å². The number of fused-ring (bicyclic) bond motifs is 6. The second-order valence-corrected chi connectivity index (χ2v) is 26.9. The van der Waals surface area contributed by atoms with Crippen molar-refractivity contribution in [3.8, 4) is 34.5 Å². The SMILES string of the molecule is CCC1(CC)C/C(=C\C(=O)Nc2ccc3c(c2)N(C)C(=O)C(CCO)O3)c2ccc(C(F)(F)F)cc2O1.CCC1(CC)C/C(=C\C(=O)Nc2ccc3c(c2)N(CCO)C(=O)CO3)c2ccc(C(F)(F)F)cc2O1.O=C(/C=C1\CC2(CCC2)Oc2cc(C(F)(F)F)ccc21)Nc1ccc2c(c1)N(CCO)C(=O)CO2. The molecule has 1 saturated carbocycles. The molecular weight excluding hydrogens is 1430 g/mol. The first-order valence-electron chi connectivity index (χ1n) is 35.1. The number of benzene rings is 6. The Labute approximate surface area is 614 Å². The van der Waals surface area contributed by atoms with Gasteiger partial charge in [0, 0.05) is 104 Å². The molecule has 1 unspecified atom stereocenters. The standard InChI is InChI=1S/C27H29F3N2O5.C26H27F3N2O5.C25H23F3N2O5/c1-4-26(5-2)15-16(19-8-6-17(27(28,29)30)13-23(19)37-26)12-24(34)31-18-7-9-21-20(14-18)32(3)25(35)22(36-21)10-11-33;1-3-25(4-2)14-16(19-7-5-17(26(27,28)29)12-22(19)36-25)11-23(33)30-18-6-8-21-20(13-18)31(9-10-32)24(34)15-35-21;26-25(27,28)16-2-4-18-15(13-24(6-1-7-24)35-21(18)11-16)10-22(32)29-17-3-5-20-19(12-17)30(8-9-31)23(33)14-34-20/h6-9,12-14,22,33H,4-5,10-11,15H2,1-3H3,(H,31,34);5-8,11-13,32H,3-4,9-10,14-15H2,1-2H3,(H,30,33);2-5,10-12,31H,1,6-9,13-14H2,(H,29,32)/b16-12+;16-11+;15-10+. The van der Waals surface area contributed by atoms with Gasteiger partial charge in [-0.05, 0) is 153 Å². The number of β-amino-alcohol motifs (C(OH)–C–C–N with tert-alkyl or cyclic N) is 2. The van der Waals surface area contributed by atoms with Crippen LogP contribution in [0.2, 0.25) is 0 Å². The van der Waals surface area contributed by atoms with Crippen LogP contribution in [0, 0.1) is 0 Å². The molecule has 21 nitrogen and oxygen atoms in total. The maximum Gasteiger partial charge on any atom is 0.416 e.